The van der Waals surface area contributed by atoms with Crippen molar-refractivity contribution in [1.82, 2.24) is 0 Å². The van der Waals surface area contributed by atoms with E-state index in [4.69, 9.17) is 5.73 Å². The van der Waals surface area contributed by atoms with E-state index in [1.807, 2.05) is 0 Å². The van der Waals surface area contributed by atoms with Crippen LogP contribution in [0.2, 0.25) is 0 Å². The summed E-state index contributed by atoms with van der Waals surface area (Å²) >= 11 is 0. The van der Waals surface area contributed by atoms with Crippen molar-refractivity contribution < 1.29 is 17.6 Å². The van der Waals surface area contributed by atoms with Crippen molar-refractivity contribution in [3.63, 3.8) is 0 Å². The summed E-state index contributed by atoms with van der Waals surface area (Å²) in [6, 6.07) is 3.28. The van der Waals surface area contributed by atoms with Crippen molar-refractivity contribution in [3.8, 4) is 0 Å². The minimum atomic E-state index is -4.48. The molecule has 0 saturated carbocycles. The van der Waals surface area contributed by atoms with E-state index in [0.29, 0.717) is 0 Å². The van der Waals surface area contributed by atoms with Crippen molar-refractivity contribution in [2.75, 3.05) is 0 Å². The molecule has 5 heteroatoms. The van der Waals surface area contributed by atoms with E-state index in [1.54, 1.807) is 0 Å². The van der Waals surface area contributed by atoms with Crippen LogP contribution in [0, 0.1) is 5.82 Å². The van der Waals surface area contributed by atoms with Crippen LogP contribution in [0.4, 0.5) is 17.6 Å². The summed E-state index contributed by atoms with van der Waals surface area (Å²) in [7, 11) is 0. The summed E-state index contributed by atoms with van der Waals surface area (Å²) in [6.07, 6.45) is -5.02. The summed E-state index contributed by atoms with van der Waals surface area (Å²) in [6.45, 7) is 0. The molecule has 0 aliphatic heterocycles. The third kappa shape index (κ3) is 2.70. The van der Waals surface area contributed by atoms with Crippen LogP contribution < -0.4 is 5.73 Å². The Bertz CT molecular complexity index is 308. The molecule has 0 radical (unpaired) electrons. The molecule has 1 aromatic carbocycles. The fraction of sp³-hybridized carbons (Fsp3) is 0.333. The van der Waals surface area contributed by atoms with Crippen LogP contribution in [0.3, 0.4) is 0 Å². The van der Waals surface area contributed by atoms with Crippen molar-refractivity contribution >= 4 is 0 Å². The number of alkyl halides is 3. The normalized spacial score (nSPS) is 14.1. The van der Waals surface area contributed by atoms with Gasteiger partial charge in [-0.25, -0.2) is 4.39 Å². The third-order valence-electron chi connectivity index (χ3n) is 1.82. The predicted molar refractivity (Wildman–Crippen MR) is 44.1 cm³/mol. The quantitative estimate of drug-likeness (QED) is 0.739. The number of rotatable bonds is 2. The summed E-state index contributed by atoms with van der Waals surface area (Å²) in [5.41, 5.74) is 4.84. The van der Waals surface area contributed by atoms with E-state index >= 15 is 0 Å². The summed E-state index contributed by atoms with van der Waals surface area (Å²) in [4.78, 5) is 0. The highest BCUT2D eigenvalue weighted by Crippen LogP contribution is 2.22. The fourth-order valence-electron chi connectivity index (χ4n) is 1.02. The van der Waals surface area contributed by atoms with E-state index < -0.39 is 24.5 Å². The van der Waals surface area contributed by atoms with Gasteiger partial charge in [-0.05, 0) is 18.1 Å². The maximum atomic E-state index is 12.9. The maximum absolute atomic E-state index is 12.9. The van der Waals surface area contributed by atoms with Crippen LogP contribution in [0.15, 0.2) is 24.3 Å². The molecule has 0 saturated heterocycles. The van der Waals surface area contributed by atoms with Gasteiger partial charge >= 0.3 is 6.18 Å². The van der Waals surface area contributed by atoms with Gasteiger partial charge in [0.05, 0.1) is 0 Å². The Morgan fingerprint density at radius 1 is 1.21 bits per heavy atom. The standard InChI is InChI=1S/C9H9F4N/c10-7-4-2-1-3-6(7)5-8(14)9(11,12)13/h1-4,8H,5,14H2/t8-/m1/s1. The van der Waals surface area contributed by atoms with Crippen molar-refractivity contribution in [2.45, 2.75) is 18.6 Å². The Morgan fingerprint density at radius 2 is 1.79 bits per heavy atom. The zero-order valence-electron chi connectivity index (χ0n) is 7.18. The molecule has 0 bridgehead atoms. The molecular formula is C9H9F4N. The molecular weight excluding hydrogens is 198 g/mol. The second kappa shape index (κ2) is 3.96. The third-order valence-corrected chi connectivity index (χ3v) is 1.82. The van der Waals surface area contributed by atoms with E-state index in [0.717, 1.165) is 6.07 Å². The van der Waals surface area contributed by atoms with Crippen molar-refractivity contribution in [1.29, 1.82) is 0 Å². The molecule has 0 heterocycles. The van der Waals surface area contributed by atoms with E-state index in [2.05, 4.69) is 0 Å². The summed E-state index contributed by atoms with van der Waals surface area (Å²) < 4.78 is 49.0. The highest BCUT2D eigenvalue weighted by molar-refractivity contribution is 5.18. The molecule has 0 aliphatic rings. The average Bonchev–Trinajstić information content (AvgIpc) is 2.07. The van der Waals surface area contributed by atoms with E-state index in [-0.39, 0.29) is 5.56 Å². The molecule has 0 aromatic heterocycles. The highest BCUT2D eigenvalue weighted by atomic mass is 19.4. The largest absolute Gasteiger partial charge is 0.403 e. The first-order valence-corrected chi connectivity index (χ1v) is 3.97. The van der Waals surface area contributed by atoms with Gasteiger partial charge in [-0.1, -0.05) is 18.2 Å². The Kier molecular flexibility index (Phi) is 3.10. The molecule has 1 rings (SSSR count). The minimum absolute atomic E-state index is 0.0164. The molecule has 0 unspecified atom stereocenters. The monoisotopic (exact) mass is 207 g/mol. The van der Waals surface area contributed by atoms with Crippen LogP contribution in [0.1, 0.15) is 5.56 Å². The smallest absolute Gasteiger partial charge is 0.320 e. The van der Waals surface area contributed by atoms with Crippen LogP contribution in [0.25, 0.3) is 0 Å². The van der Waals surface area contributed by atoms with Gasteiger partial charge in [0.15, 0.2) is 0 Å². The highest BCUT2D eigenvalue weighted by Gasteiger charge is 2.36. The number of halogens is 4. The molecule has 0 fully saturated rings. The average molecular weight is 207 g/mol. The lowest BCUT2D eigenvalue weighted by molar-refractivity contribution is -0.147. The number of hydrogen-bond donors (Lipinski definition) is 1. The summed E-state index contributed by atoms with van der Waals surface area (Å²) in [5, 5.41) is 0. The lowest BCUT2D eigenvalue weighted by Gasteiger charge is -2.15. The van der Waals surface area contributed by atoms with Crippen molar-refractivity contribution in [2.24, 2.45) is 5.73 Å². The van der Waals surface area contributed by atoms with E-state index in [9.17, 15) is 17.6 Å². The first-order chi connectivity index (χ1) is 6.41. The van der Waals surface area contributed by atoms with Gasteiger partial charge in [0.2, 0.25) is 0 Å². The van der Waals surface area contributed by atoms with Gasteiger partial charge < -0.3 is 5.73 Å². The van der Waals surface area contributed by atoms with Crippen LogP contribution in [-0.2, 0) is 6.42 Å². The van der Waals surface area contributed by atoms with Gasteiger partial charge in [0, 0.05) is 0 Å². The van der Waals surface area contributed by atoms with E-state index in [1.165, 1.54) is 18.2 Å². The van der Waals surface area contributed by atoms with Crippen molar-refractivity contribution in [3.05, 3.63) is 35.6 Å². The molecule has 2 N–H and O–H groups in total. The van der Waals surface area contributed by atoms with Crippen LogP contribution in [0.5, 0.6) is 0 Å². The zero-order chi connectivity index (χ0) is 10.8. The molecule has 0 spiro atoms. The number of benzene rings is 1. The minimum Gasteiger partial charge on any atom is -0.320 e. The van der Waals surface area contributed by atoms with Crippen LogP contribution in [-0.4, -0.2) is 12.2 Å². The first-order valence-electron chi connectivity index (χ1n) is 3.97. The second-order valence-corrected chi connectivity index (χ2v) is 2.94. The molecule has 78 valence electrons. The first kappa shape index (κ1) is 11.0. The van der Waals surface area contributed by atoms with Gasteiger partial charge in [-0.3, -0.25) is 0 Å². The predicted octanol–water partition coefficient (Wildman–Crippen LogP) is 2.26. The maximum Gasteiger partial charge on any atom is 0.403 e. The van der Waals surface area contributed by atoms with Gasteiger partial charge in [0.25, 0.3) is 0 Å². The number of hydrogen-bond acceptors (Lipinski definition) is 1. The Morgan fingerprint density at radius 3 is 2.29 bits per heavy atom. The Labute approximate surface area is 78.5 Å². The Hall–Kier alpha value is -1.10. The second-order valence-electron chi connectivity index (χ2n) is 2.94. The topological polar surface area (TPSA) is 26.0 Å². The van der Waals surface area contributed by atoms with Gasteiger partial charge in [-0.2, -0.15) is 13.2 Å². The summed E-state index contributed by atoms with van der Waals surface area (Å²) in [5.74, 6) is -0.660. The zero-order valence-corrected chi connectivity index (χ0v) is 7.18. The molecule has 1 aromatic rings. The lowest BCUT2D eigenvalue weighted by atomic mass is 10.1. The number of nitrogens with two attached hydrogens (primary N) is 1. The molecule has 0 aliphatic carbocycles. The van der Waals surface area contributed by atoms with Crippen LogP contribution >= 0.6 is 0 Å². The molecule has 1 nitrogen and oxygen atoms in total. The van der Waals surface area contributed by atoms with Gasteiger partial charge in [0.1, 0.15) is 11.9 Å². The molecule has 0 amide bonds. The Balaban J connectivity index is 2.75. The molecule has 1 atom stereocenters. The SMILES string of the molecule is N[C@H](Cc1ccccc1F)C(F)(F)F. The molecule has 14 heavy (non-hydrogen) atoms. The lowest BCUT2D eigenvalue weighted by Crippen LogP contribution is -2.39. The fourth-order valence-corrected chi connectivity index (χ4v) is 1.02. The van der Waals surface area contributed by atoms with Gasteiger partial charge in [-0.15, -0.1) is 0 Å².